The average Bonchev–Trinajstić information content (AvgIpc) is 2.60. The first kappa shape index (κ1) is 16.2. The SMILES string of the molecule is O=C(O)c1ccc(S(=O)(=O)NCc2cccc3ccccc23)cc1. The molecule has 2 N–H and O–H groups in total. The third-order valence-corrected chi connectivity index (χ3v) is 5.16. The molecule has 0 amide bonds. The second kappa shape index (κ2) is 6.43. The Morgan fingerprint density at radius 2 is 1.58 bits per heavy atom. The van der Waals surface area contributed by atoms with Gasteiger partial charge in [-0.1, -0.05) is 42.5 Å². The van der Waals surface area contributed by atoms with E-state index in [1.165, 1.54) is 24.3 Å². The van der Waals surface area contributed by atoms with Gasteiger partial charge >= 0.3 is 5.97 Å². The van der Waals surface area contributed by atoms with Crippen molar-refractivity contribution in [1.29, 1.82) is 0 Å². The zero-order valence-electron chi connectivity index (χ0n) is 12.6. The molecule has 0 saturated heterocycles. The zero-order chi connectivity index (χ0) is 17.2. The van der Waals surface area contributed by atoms with Crippen LogP contribution in [0.3, 0.4) is 0 Å². The number of hydrogen-bond acceptors (Lipinski definition) is 3. The number of aromatic carboxylic acids is 1. The van der Waals surface area contributed by atoms with Crippen molar-refractivity contribution < 1.29 is 18.3 Å². The molecule has 24 heavy (non-hydrogen) atoms. The van der Waals surface area contributed by atoms with Gasteiger partial charge in [0.25, 0.3) is 0 Å². The van der Waals surface area contributed by atoms with Gasteiger partial charge < -0.3 is 5.11 Å². The van der Waals surface area contributed by atoms with Gasteiger partial charge in [-0.3, -0.25) is 0 Å². The molecule has 0 aliphatic rings. The number of benzene rings is 3. The lowest BCUT2D eigenvalue weighted by Gasteiger charge is -2.09. The van der Waals surface area contributed by atoms with Crippen LogP contribution in [0.5, 0.6) is 0 Å². The third kappa shape index (κ3) is 3.29. The summed E-state index contributed by atoms with van der Waals surface area (Å²) < 4.78 is 27.3. The topological polar surface area (TPSA) is 83.5 Å². The van der Waals surface area contributed by atoms with E-state index < -0.39 is 16.0 Å². The number of nitrogens with one attached hydrogen (secondary N) is 1. The summed E-state index contributed by atoms with van der Waals surface area (Å²) in [5.74, 6) is -1.09. The van der Waals surface area contributed by atoms with E-state index in [1.54, 1.807) is 0 Å². The maximum atomic E-state index is 12.4. The molecule has 0 unspecified atom stereocenters. The fraction of sp³-hybridized carbons (Fsp3) is 0.0556. The Morgan fingerprint density at radius 1 is 0.917 bits per heavy atom. The minimum Gasteiger partial charge on any atom is -0.478 e. The largest absolute Gasteiger partial charge is 0.478 e. The van der Waals surface area contributed by atoms with Crippen LogP contribution in [-0.4, -0.2) is 19.5 Å². The van der Waals surface area contributed by atoms with E-state index >= 15 is 0 Å². The van der Waals surface area contributed by atoms with Crippen molar-refractivity contribution in [2.45, 2.75) is 11.4 Å². The molecule has 0 heterocycles. The summed E-state index contributed by atoms with van der Waals surface area (Å²) in [6.07, 6.45) is 0. The first-order chi connectivity index (χ1) is 11.5. The predicted octanol–water partition coefficient (Wildman–Crippen LogP) is 3.02. The van der Waals surface area contributed by atoms with Gasteiger partial charge in [0.05, 0.1) is 10.5 Å². The molecule has 3 aromatic carbocycles. The summed E-state index contributed by atoms with van der Waals surface area (Å²) in [5, 5.41) is 10.9. The number of rotatable bonds is 5. The van der Waals surface area contributed by atoms with E-state index in [4.69, 9.17) is 5.11 Å². The van der Waals surface area contributed by atoms with Gasteiger partial charge in [-0.05, 0) is 40.6 Å². The highest BCUT2D eigenvalue weighted by atomic mass is 32.2. The highest BCUT2D eigenvalue weighted by molar-refractivity contribution is 7.89. The Hall–Kier alpha value is -2.70. The van der Waals surface area contributed by atoms with E-state index in [9.17, 15) is 13.2 Å². The molecule has 0 saturated carbocycles. The summed E-state index contributed by atoms with van der Waals surface area (Å²) in [6, 6.07) is 18.6. The van der Waals surface area contributed by atoms with Crippen LogP contribution in [0.25, 0.3) is 10.8 Å². The lowest BCUT2D eigenvalue weighted by Crippen LogP contribution is -2.23. The lowest BCUT2D eigenvalue weighted by molar-refractivity contribution is 0.0696. The van der Waals surface area contributed by atoms with Crippen molar-refractivity contribution >= 4 is 26.8 Å². The molecule has 0 bridgehead atoms. The Kier molecular flexibility index (Phi) is 4.33. The Balaban J connectivity index is 1.83. The summed E-state index contributed by atoms with van der Waals surface area (Å²) in [7, 11) is -3.71. The number of carbonyl (C=O) groups is 1. The summed E-state index contributed by atoms with van der Waals surface area (Å²) in [5.41, 5.74) is 0.918. The maximum Gasteiger partial charge on any atom is 0.335 e. The van der Waals surface area contributed by atoms with Crippen LogP contribution in [0.15, 0.2) is 71.6 Å². The second-order valence-corrected chi connectivity index (χ2v) is 7.06. The first-order valence-electron chi connectivity index (χ1n) is 7.27. The smallest absolute Gasteiger partial charge is 0.335 e. The van der Waals surface area contributed by atoms with Crippen molar-refractivity contribution in [2.75, 3.05) is 0 Å². The van der Waals surface area contributed by atoms with Crippen molar-refractivity contribution in [3.8, 4) is 0 Å². The molecule has 0 aliphatic carbocycles. The van der Waals surface area contributed by atoms with Gasteiger partial charge in [-0.25, -0.2) is 17.9 Å². The summed E-state index contributed by atoms with van der Waals surface area (Å²) in [4.78, 5) is 10.9. The molecule has 3 rings (SSSR count). The van der Waals surface area contributed by atoms with Crippen molar-refractivity contribution in [3.05, 3.63) is 77.9 Å². The van der Waals surface area contributed by atoms with Gasteiger partial charge in [0.15, 0.2) is 0 Å². The van der Waals surface area contributed by atoms with Crippen LogP contribution in [-0.2, 0) is 16.6 Å². The molecule has 0 atom stereocenters. The predicted molar refractivity (Wildman–Crippen MR) is 91.4 cm³/mol. The zero-order valence-corrected chi connectivity index (χ0v) is 13.5. The number of sulfonamides is 1. The van der Waals surface area contributed by atoms with E-state index in [-0.39, 0.29) is 17.0 Å². The molecule has 6 heteroatoms. The fourth-order valence-corrected chi connectivity index (χ4v) is 3.49. The van der Waals surface area contributed by atoms with Crippen LogP contribution in [0.4, 0.5) is 0 Å². The number of carboxylic acid groups (broad SMARTS) is 1. The summed E-state index contributed by atoms with van der Waals surface area (Å²) in [6.45, 7) is 0.157. The Morgan fingerprint density at radius 3 is 2.29 bits per heavy atom. The van der Waals surface area contributed by atoms with E-state index in [1.807, 2.05) is 42.5 Å². The maximum absolute atomic E-state index is 12.4. The minimum atomic E-state index is -3.71. The number of hydrogen-bond donors (Lipinski definition) is 2. The molecule has 0 radical (unpaired) electrons. The highest BCUT2D eigenvalue weighted by Gasteiger charge is 2.15. The van der Waals surface area contributed by atoms with E-state index in [0.29, 0.717) is 0 Å². The Bertz CT molecular complexity index is 990. The molecule has 0 aromatic heterocycles. The van der Waals surface area contributed by atoms with Crippen LogP contribution >= 0.6 is 0 Å². The summed E-state index contributed by atoms with van der Waals surface area (Å²) >= 11 is 0. The van der Waals surface area contributed by atoms with E-state index in [0.717, 1.165) is 16.3 Å². The molecular formula is C18H15NO4S. The second-order valence-electron chi connectivity index (χ2n) is 5.29. The number of carboxylic acids is 1. The Labute approximate surface area is 139 Å². The molecule has 0 spiro atoms. The molecule has 0 fully saturated rings. The van der Waals surface area contributed by atoms with Crippen LogP contribution in [0.2, 0.25) is 0 Å². The van der Waals surface area contributed by atoms with Gasteiger partial charge in [0, 0.05) is 6.54 Å². The molecule has 0 aliphatic heterocycles. The van der Waals surface area contributed by atoms with Crippen molar-refractivity contribution in [2.24, 2.45) is 0 Å². The quantitative estimate of drug-likeness (QED) is 0.747. The van der Waals surface area contributed by atoms with Crippen LogP contribution in [0, 0.1) is 0 Å². The molecule has 3 aromatic rings. The number of fused-ring (bicyclic) bond motifs is 1. The first-order valence-corrected chi connectivity index (χ1v) is 8.75. The van der Waals surface area contributed by atoms with E-state index in [2.05, 4.69) is 4.72 Å². The normalized spacial score (nSPS) is 11.5. The van der Waals surface area contributed by atoms with Crippen molar-refractivity contribution in [1.82, 2.24) is 4.72 Å². The van der Waals surface area contributed by atoms with Crippen LogP contribution < -0.4 is 4.72 Å². The van der Waals surface area contributed by atoms with Gasteiger partial charge in [0.2, 0.25) is 10.0 Å². The minimum absolute atomic E-state index is 0.0349. The average molecular weight is 341 g/mol. The molecular weight excluding hydrogens is 326 g/mol. The van der Waals surface area contributed by atoms with Crippen molar-refractivity contribution in [3.63, 3.8) is 0 Å². The van der Waals surface area contributed by atoms with Gasteiger partial charge in [0.1, 0.15) is 0 Å². The standard InChI is InChI=1S/C18H15NO4S/c20-18(21)14-8-10-16(11-9-14)24(22,23)19-12-15-6-3-5-13-4-1-2-7-17(13)15/h1-11,19H,12H2,(H,20,21). The third-order valence-electron chi connectivity index (χ3n) is 3.74. The lowest BCUT2D eigenvalue weighted by atomic mass is 10.1. The molecule has 122 valence electrons. The van der Waals surface area contributed by atoms with Crippen LogP contribution in [0.1, 0.15) is 15.9 Å². The van der Waals surface area contributed by atoms with Gasteiger partial charge in [-0.15, -0.1) is 0 Å². The highest BCUT2D eigenvalue weighted by Crippen LogP contribution is 2.19. The molecule has 5 nitrogen and oxygen atoms in total. The van der Waals surface area contributed by atoms with Gasteiger partial charge in [-0.2, -0.15) is 0 Å². The fourth-order valence-electron chi connectivity index (χ4n) is 2.48. The monoisotopic (exact) mass is 341 g/mol.